The van der Waals surface area contributed by atoms with Gasteiger partial charge in [0.25, 0.3) is 0 Å². The van der Waals surface area contributed by atoms with E-state index in [4.69, 9.17) is 4.74 Å². The monoisotopic (exact) mass is 410 g/mol. The summed E-state index contributed by atoms with van der Waals surface area (Å²) in [7, 11) is 0. The van der Waals surface area contributed by atoms with Crippen LogP contribution in [0.15, 0.2) is 4.99 Å². The van der Waals surface area contributed by atoms with Crippen LogP contribution in [0.4, 0.5) is 0 Å². The van der Waals surface area contributed by atoms with Gasteiger partial charge in [-0.05, 0) is 45.1 Å². The summed E-state index contributed by atoms with van der Waals surface area (Å²) in [4.78, 5) is 7.13. The smallest absolute Gasteiger partial charge is 0.191 e. The number of rotatable bonds is 8. The van der Waals surface area contributed by atoms with Gasteiger partial charge in [0.15, 0.2) is 5.96 Å². The molecule has 0 aromatic carbocycles. The van der Waals surface area contributed by atoms with Crippen molar-refractivity contribution in [3.05, 3.63) is 0 Å². The molecule has 2 N–H and O–H groups in total. The molecule has 2 fully saturated rings. The fraction of sp³-hybridized carbons (Fsp3) is 0.933. The number of aliphatic imine (C=N–C) groups is 1. The zero-order valence-corrected chi connectivity index (χ0v) is 15.6. The van der Waals surface area contributed by atoms with Crippen molar-refractivity contribution < 1.29 is 4.74 Å². The Morgan fingerprint density at radius 1 is 1.19 bits per heavy atom. The van der Waals surface area contributed by atoms with Gasteiger partial charge in [-0.1, -0.05) is 0 Å². The number of hydrogen-bond acceptors (Lipinski definition) is 3. The molecule has 2 aliphatic rings. The van der Waals surface area contributed by atoms with E-state index in [1.165, 1.54) is 32.2 Å². The highest BCUT2D eigenvalue weighted by molar-refractivity contribution is 14.0. The van der Waals surface area contributed by atoms with E-state index in [-0.39, 0.29) is 24.0 Å². The Hall–Kier alpha value is -0.0800. The third-order valence-electron chi connectivity index (χ3n) is 3.85. The van der Waals surface area contributed by atoms with Gasteiger partial charge >= 0.3 is 0 Å². The lowest BCUT2D eigenvalue weighted by Crippen LogP contribution is -2.39. The molecular weight excluding hydrogens is 379 g/mol. The summed E-state index contributed by atoms with van der Waals surface area (Å²) in [6.07, 6.45) is 5.17. The number of nitrogens with zero attached hydrogens (tertiary/aromatic N) is 2. The van der Waals surface area contributed by atoms with Crippen LogP contribution in [0.5, 0.6) is 0 Å². The molecule has 124 valence electrons. The maximum absolute atomic E-state index is 5.36. The molecule has 5 nitrogen and oxygen atoms in total. The Morgan fingerprint density at radius 2 is 1.95 bits per heavy atom. The van der Waals surface area contributed by atoms with Crippen molar-refractivity contribution >= 4 is 29.9 Å². The molecule has 1 heterocycles. The van der Waals surface area contributed by atoms with Crippen LogP contribution in [-0.4, -0.2) is 63.3 Å². The fourth-order valence-electron chi connectivity index (χ4n) is 2.35. The molecule has 2 rings (SSSR count). The molecule has 6 heteroatoms. The Balaban J connectivity index is 0.00000220. The van der Waals surface area contributed by atoms with Gasteiger partial charge in [0, 0.05) is 32.7 Å². The van der Waals surface area contributed by atoms with E-state index in [1.54, 1.807) is 0 Å². The first-order valence-electron chi connectivity index (χ1n) is 8.20. The first kappa shape index (κ1) is 19.0. The van der Waals surface area contributed by atoms with Crippen LogP contribution >= 0.6 is 24.0 Å². The van der Waals surface area contributed by atoms with Crippen LogP contribution < -0.4 is 10.6 Å². The summed E-state index contributed by atoms with van der Waals surface area (Å²) in [6, 6.07) is 0. The molecule has 1 saturated heterocycles. The third-order valence-corrected chi connectivity index (χ3v) is 3.85. The van der Waals surface area contributed by atoms with Crippen LogP contribution in [-0.2, 0) is 4.74 Å². The average molecular weight is 410 g/mol. The molecule has 0 aromatic heterocycles. The van der Waals surface area contributed by atoms with E-state index in [1.807, 2.05) is 0 Å². The number of morpholine rings is 1. The highest BCUT2D eigenvalue weighted by Crippen LogP contribution is 2.28. The highest BCUT2D eigenvalue weighted by atomic mass is 127. The van der Waals surface area contributed by atoms with Crippen LogP contribution in [0, 0.1) is 5.92 Å². The Kier molecular flexibility index (Phi) is 10.4. The number of nitrogens with one attached hydrogen (secondary N) is 2. The van der Waals surface area contributed by atoms with Gasteiger partial charge in [-0.15, -0.1) is 24.0 Å². The zero-order chi connectivity index (χ0) is 14.0. The Labute approximate surface area is 146 Å². The van der Waals surface area contributed by atoms with Crippen molar-refractivity contribution in [1.82, 2.24) is 15.5 Å². The maximum Gasteiger partial charge on any atom is 0.191 e. The van der Waals surface area contributed by atoms with Crippen molar-refractivity contribution in [3.8, 4) is 0 Å². The standard InChI is InChI=1S/C15H30N4O.HI/c1-2-16-15(18-13-14-5-6-14)17-7-3-4-8-19-9-11-20-12-10-19;/h14H,2-13H2,1H3,(H2,16,17,18);1H. The minimum Gasteiger partial charge on any atom is -0.379 e. The van der Waals surface area contributed by atoms with Gasteiger partial charge in [-0.3, -0.25) is 9.89 Å². The summed E-state index contributed by atoms with van der Waals surface area (Å²) >= 11 is 0. The van der Waals surface area contributed by atoms with Crippen LogP contribution in [0.3, 0.4) is 0 Å². The molecule has 1 aliphatic carbocycles. The third kappa shape index (κ3) is 8.83. The predicted octanol–water partition coefficient (Wildman–Crippen LogP) is 1.68. The topological polar surface area (TPSA) is 48.9 Å². The summed E-state index contributed by atoms with van der Waals surface area (Å²) < 4.78 is 5.36. The van der Waals surface area contributed by atoms with E-state index < -0.39 is 0 Å². The van der Waals surface area contributed by atoms with E-state index in [2.05, 4.69) is 27.4 Å². The summed E-state index contributed by atoms with van der Waals surface area (Å²) in [6.45, 7) is 10.2. The van der Waals surface area contributed by atoms with Crippen molar-refractivity contribution in [3.63, 3.8) is 0 Å². The lowest BCUT2D eigenvalue weighted by Gasteiger charge is -2.26. The van der Waals surface area contributed by atoms with Crippen LogP contribution in [0.2, 0.25) is 0 Å². The lowest BCUT2D eigenvalue weighted by molar-refractivity contribution is 0.0372. The molecule has 0 aromatic rings. The fourth-order valence-corrected chi connectivity index (χ4v) is 2.35. The molecule has 0 atom stereocenters. The molecule has 1 saturated carbocycles. The first-order chi connectivity index (χ1) is 9.88. The minimum atomic E-state index is 0. The second-order valence-electron chi connectivity index (χ2n) is 5.75. The van der Waals surface area contributed by atoms with E-state index in [9.17, 15) is 0 Å². The molecule has 0 bridgehead atoms. The van der Waals surface area contributed by atoms with Crippen molar-refractivity contribution in [2.45, 2.75) is 32.6 Å². The molecule has 21 heavy (non-hydrogen) atoms. The van der Waals surface area contributed by atoms with Crippen LogP contribution in [0.1, 0.15) is 32.6 Å². The normalized spacial score (nSPS) is 20.0. The molecule has 0 spiro atoms. The molecule has 0 unspecified atom stereocenters. The molecular formula is C15H31IN4O. The van der Waals surface area contributed by atoms with Gasteiger partial charge in [0.2, 0.25) is 0 Å². The summed E-state index contributed by atoms with van der Waals surface area (Å²) in [5, 5.41) is 6.76. The number of ether oxygens (including phenoxy) is 1. The van der Waals surface area contributed by atoms with Gasteiger partial charge in [0.1, 0.15) is 0 Å². The summed E-state index contributed by atoms with van der Waals surface area (Å²) in [5.41, 5.74) is 0. The Morgan fingerprint density at radius 3 is 2.62 bits per heavy atom. The quantitative estimate of drug-likeness (QED) is 0.277. The number of halogens is 1. The number of hydrogen-bond donors (Lipinski definition) is 2. The van der Waals surface area contributed by atoms with Gasteiger partial charge in [-0.2, -0.15) is 0 Å². The second kappa shape index (κ2) is 11.5. The maximum atomic E-state index is 5.36. The summed E-state index contributed by atoms with van der Waals surface area (Å²) in [5.74, 6) is 1.84. The van der Waals surface area contributed by atoms with E-state index in [0.717, 1.165) is 57.8 Å². The van der Waals surface area contributed by atoms with Crippen molar-refractivity contribution in [2.24, 2.45) is 10.9 Å². The van der Waals surface area contributed by atoms with Crippen LogP contribution in [0.25, 0.3) is 0 Å². The van der Waals surface area contributed by atoms with Gasteiger partial charge in [-0.25, -0.2) is 0 Å². The SMILES string of the molecule is CCNC(=NCC1CC1)NCCCCN1CCOCC1.I. The van der Waals surface area contributed by atoms with E-state index in [0.29, 0.717) is 0 Å². The second-order valence-corrected chi connectivity index (χ2v) is 5.75. The Bertz CT molecular complexity index is 291. The lowest BCUT2D eigenvalue weighted by atomic mass is 10.3. The molecule has 1 aliphatic heterocycles. The largest absolute Gasteiger partial charge is 0.379 e. The van der Waals surface area contributed by atoms with Gasteiger partial charge in [0.05, 0.1) is 13.2 Å². The zero-order valence-electron chi connectivity index (χ0n) is 13.3. The highest BCUT2D eigenvalue weighted by Gasteiger charge is 2.20. The minimum absolute atomic E-state index is 0. The average Bonchev–Trinajstić information content (AvgIpc) is 3.29. The number of guanidine groups is 1. The number of unbranched alkanes of at least 4 members (excludes halogenated alkanes) is 1. The van der Waals surface area contributed by atoms with E-state index >= 15 is 0 Å². The van der Waals surface area contributed by atoms with Crippen molar-refractivity contribution in [2.75, 3.05) is 52.5 Å². The predicted molar refractivity (Wildman–Crippen MR) is 98.6 cm³/mol. The van der Waals surface area contributed by atoms with Crippen molar-refractivity contribution in [1.29, 1.82) is 0 Å². The molecule has 0 amide bonds. The molecule has 0 radical (unpaired) electrons. The first-order valence-corrected chi connectivity index (χ1v) is 8.20. The van der Waals surface area contributed by atoms with Gasteiger partial charge < -0.3 is 15.4 Å².